The third-order valence-electron chi connectivity index (χ3n) is 6.53. The lowest BCUT2D eigenvalue weighted by Crippen LogP contribution is -2.38. The van der Waals surface area contributed by atoms with E-state index in [1.54, 1.807) is 6.92 Å². The number of carbonyl (C=O) groups excluding carboxylic acids is 1. The molecule has 1 fully saturated rings. The van der Waals surface area contributed by atoms with Gasteiger partial charge < -0.3 is 14.9 Å². The summed E-state index contributed by atoms with van der Waals surface area (Å²) in [6.45, 7) is 5.10. The number of fused-ring (bicyclic) bond motifs is 1. The van der Waals surface area contributed by atoms with Crippen molar-refractivity contribution in [2.45, 2.75) is 25.8 Å². The first kappa shape index (κ1) is 20.9. The van der Waals surface area contributed by atoms with Crippen molar-refractivity contribution in [2.24, 2.45) is 5.92 Å². The minimum atomic E-state index is -0.937. The van der Waals surface area contributed by atoms with Gasteiger partial charge in [0.2, 0.25) is 5.91 Å². The minimum absolute atomic E-state index is 0.0346. The fraction of sp³-hybridized carbons (Fsp3) is 0.308. The number of carbonyl (C=O) groups is 2. The van der Waals surface area contributed by atoms with Gasteiger partial charge in [0.05, 0.1) is 6.04 Å². The van der Waals surface area contributed by atoms with Crippen molar-refractivity contribution in [3.05, 3.63) is 83.9 Å². The molecule has 3 aromatic carbocycles. The summed E-state index contributed by atoms with van der Waals surface area (Å²) in [5, 5.41) is 12.3. The lowest BCUT2D eigenvalue weighted by atomic mass is 9.88. The zero-order valence-corrected chi connectivity index (χ0v) is 17.9. The molecule has 3 atom stereocenters. The second-order valence-electron chi connectivity index (χ2n) is 8.38. The van der Waals surface area contributed by atoms with Crippen molar-refractivity contribution in [1.29, 1.82) is 0 Å². The Labute approximate surface area is 182 Å². The minimum Gasteiger partial charge on any atom is -0.465 e. The average Bonchev–Trinajstić information content (AvgIpc) is 3.21. The Hall–Kier alpha value is -3.34. The van der Waals surface area contributed by atoms with Crippen molar-refractivity contribution in [1.82, 2.24) is 9.80 Å². The van der Waals surface area contributed by atoms with E-state index in [0.717, 1.165) is 21.9 Å². The van der Waals surface area contributed by atoms with E-state index in [1.807, 2.05) is 72.5 Å². The van der Waals surface area contributed by atoms with E-state index < -0.39 is 6.09 Å². The van der Waals surface area contributed by atoms with Gasteiger partial charge in [-0.05, 0) is 28.8 Å². The Morgan fingerprint density at radius 3 is 2.39 bits per heavy atom. The van der Waals surface area contributed by atoms with E-state index in [-0.39, 0.29) is 23.8 Å². The fourth-order valence-corrected chi connectivity index (χ4v) is 4.83. The second kappa shape index (κ2) is 8.80. The number of likely N-dealkylation sites (tertiary alicyclic amines) is 1. The quantitative estimate of drug-likeness (QED) is 0.626. The maximum atomic E-state index is 12.3. The molecule has 0 unspecified atom stereocenters. The Bertz CT molecular complexity index is 1080. The van der Waals surface area contributed by atoms with Gasteiger partial charge in [0.15, 0.2) is 0 Å². The fourth-order valence-electron chi connectivity index (χ4n) is 4.83. The molecule has 0 radical (unpaired) electrons. The highest BCUT2D eigenvalue weighted by Gasteiger charge is 2.38. The number of hydrogen-bond acceptors (Lipinski definition) is 2. The number of rotatable bonds is 5. The van der Waals surface area contributed by atoms with Crippen LogP contribution in [0.25, 0.3) is 10.8 Å². The summed E-state index contributed by atoms with van der Waals surface area (Å²) in [5.41, 5.74) is 2.15. The van der Waals surface area contributed by atoms with Crippen molar-refractivity contribution in [2.75, 3.05) is 19.6 Å². The van der Waals surface area contributed by atoms with E-state index in [4.69, 9.17) is 0 Å². The van der Waals surface area contributed by atoms with E-state index in [1.165, 1.54) is 4.90 Å². The van der Waals surface area contributed by atoms with Crippen molar-refractivity contribution < 1.29 is 14.7 Å². The summed E-state index contributed by atoms with van der Waals surface area (Å²) in [7, 11) is 0. The first-order valence-electron chi connectivity index (χ1n) is 10.7. The monoisotopic (exact) mass is 416 g/mol. The zero-order chi connectivity index (χ0) is 22.0. The van der Waals surface area contributed by atoms with Crippen LogP contribution in [0.2, 0.25) is 0 Å². The van der Waals surface area contributed by atoms with Crippen molar-refractivity contribution in [3.63, 3.8) is 0 Å². The van der Waals surface area contributed by atoms with Crippen LogP contribution in [0, 0.1) is 5.92 Å². The molecule has 1 aliphatic heterocycles. The number of hydrogen-bond donors (Lipinski definition) is 1. The van der Waals surface area contributed by atoms with Crippen LogP contribution in [0.4, 0.5) is 4.79 Å². The molecular formula is C26H28N2O3. The summed E-state index contributed by atoms with van der Waals surface area (Å²) in [5.74, 6) is 0.193. The summed E-state index contributed by atoms with van der Waals surface area (Å²) in [6.07, 6.45) is -0.937. The molecule has 31 heavy (non-hydrogen) atoms. The van der Waals surface area contributed by atoms with Crippen LogP contribution in [0.3, 0.4) is 0 Å². The van der Waals surface area contributed by atoms with Crippen LogP contribution >= 0.6 is 0 Å². The van der Waals surface area contributed by atoms with Gasteiger partial charge in [-0.15, -0.1) is 0 Å². The molecule has 1 saturated heterocycles. The molecule has 5 heteroatoms. The van der Waals surface area contributed by atoms with Crippen LogP contribution < -0.4 is 0 Å². The molecule has 0 spiro atoms. The van der Waals surface area contributed by atoms with Gasteiger partial charge in [-0.25, -0.2) is 4.79 Å². The van der Waals surface area contributed by atoms with Gasteiger partial charge >= 0.3 is 6.09 Å². The third-order valence-corrected chi connectivity index (χ3v) is 6.53. The van der Waals surface area contributed by atoms with Crippen LogP contribution in [0.5, 0.6) is 0 Å². The highest BCUT2D eigenvalue weighted by Crippen LogP contribution is 2.36. The molecule has 0 bridgehead atoms. The SMILES string of the molecule is CC(=O)N1C[C@H](CN(C(=O)O)[C@H](C)c2cccc3ccccc23)[C@@H](c2ccccc2)C1. The van der Waals surface area contributed by atoms with Gasteiger partial charge in [-0.3, -0.25) is 4.79 Å². The first-order valence-corrected chi connectivity index (χ1v) is 10.7. The molecule has 4 rings (SSSR count). The van der Waals surface area contributed by atoms with E-state index in [2.05, 4.69) is 12.1 Å². The van der Waals surface area contributed by atoms with E-state index >= 15 is 0 Å². The predicted octanol–water partition coefficient (Wildman–Crippen LogP) is 5.14. The second-order valence-corrected chi connectivity index (χ2v) is 8.38. The smallest absolute Gasteiger partial charge is 0.407 e. The van der Waals surface area contributed by atoms with Crippen LogP contribution in [0.15, 0.2) is 72.8 Å². The van der Waals surface area contributed by atoms with Crippen LogP contribution in [-0.4, -0.2) is 46.5 Å². The molecule has 1 N–H and O–H groups in total. The Balaban J connectivity index is 1.65. The number of nitrogens with zero attached hydrogens (tertiary/aromatic N) is 2. The van der Waals surface area contributed by atoms with Gasteiger partial charge in [0.1, 0.15) is 0 Å². The zero-order valence-electron chi connectivity index (χ0n) is 17.9. The van der Waals surface area contributed by atoms with E-state index in [0.29, 0.717) is 19.6 Å². The Kier molecular flexibility index (Phi) is 5.94. The van der Waals surface area contributed by atoms with Crippen LogP contribution in [0.1, 0.15) is 36.9 Å². The van der Waals surface area contributed by atoms with Gasteiger partial charge in [0, 0.05) is 38.4 Å². The molecular weight excluding hydrogens is 388 g/mol. The van der Waals surface area contributed by atoms with Crippen LogP contribution in [-0.2, 0) is 4.79 Å². The first-order chi connectivity index (χ1) is 15.0. The molecule has 3 aromatic rings. The standard InChI is InChI=1S/C26H28N2O3/c1-18(23-14-8-12-20-11-6-7-13-24(20)23)28(26(30)31)16-22-15-27(19(2)29)17-25(22)21-9-4-3-5-10-21/h3-14,18,22,25H,15-17H2,1-2H3,(H,30,31)/t18-,22-,25-/m1/s1. The lowest BCUT2D eigenvalue weighted by molar-refractivity contribution is -0.127. The molecule has 160 valence electrons. The molecule has 1 aliphatic rings. The lowest BCUT2D eigenvalue weighted by Gasteiger charge is -2.31. The number of carboxylic acid groups (broad SMARTS) is 1. The Morgan fingerprint density at radius 2 is 1.68 bits per heavy atom. The number of amides is 2. The maximum Gasteiger partial charge on any atom is 0.407 e. The van der Waals surface area contributed by atoms with Gasteiger partial charge in [-0.1, -0.05) is 72.8 Å². The topological polar surface area (TPSA) is 60.9 Å². The summed E-state index contributed by atoms with van der Waals surface area (Å²) < 4.78 is 0. The molecule has 2 amide bonds. The predicted molar refractivity (Wildman–Crippen MR) is 122 cm³/mol. The third kappa shape index (κ3) is 4.26. The molecule has 5 nitrogen and oxygen atoms in total. The highest BCUT2D eigenvalue weighted by molar-refractivity contribution is 5.86. The summed E-state index contributed by atoms with van der Waals surface area (Å²) in [4.78, 5) is 27.8. The molecule has 1 heterocycles. The van der Waals surface area contributed by atoms with Gasteiger partial charge in [-0.2, -0.15) is 0 Å². The largest absolute Gasteiger partial charge is 0.465 e. The average molecular weight is 417 g/mol. The van der Waals surface area contributed by atoms with Crippen molar-refractivity contribution in [3.8, 4) is 0 Å². The van der Waals surface area contributed by atoms with Crippen molar-refractivity contribution >= 4 is 22.8 Å². The van der Waals surface area contributed by atoms with Gasteiger partial charge in [0.25, 0.3) is 0 Å². The normalized spacial score (nSPS) is 19.4. The summed E-state index contributed by atoms with van der Waals surface area (Å²) >= 11 is 0. The molecule has 0 aliphatic carbocycles. The Morgan fingerprint density at radius 1 is 1.00 bits per heavy atom. The number of benzene rings is 3. The highest BCUT2D eigenvalue weighted by atomic mass is 16.4. The molecule has 0 saturated carbocycles. The molecule has 0 aromatic heterocycles. The summed E-state index contributed by atoms with van der Waals surface area (Å²) in [6, 6.07) is 23.9. The van der Waals surface area contributed by atoms with E-state index in [9.17, 15) is 14.7 Å². The maximum absolute atomic E-state index is 12.3.